The highest BCUT2D eigenvalue weighted by atomic mass is 16.4. The van der Waals surface area contributed by atoms with E-state index in [0.29, 0.717) is 5.92 Å². The number of rotatable bonds is 1. The van der Waals surface area contributed by atoms with Crippen LogP contribution in [0.4, 0.5) is 0 Å². The minimum absolute atomic E-state index is 0.148. The normalized spacial score (nSPS) is 9.10. The molecule has 10 heavy (non-hydrogen) atoms. The van der Waals surface area contributed by atoms with Crippen molar-refractivity contribution in [2.45, 2.75) is 26.9 Å². The predicted molar refractivity (Wildman–Crippen MR) is 40.3 cm³/mol. The molecule has 0 aliphatic rings. The third-order valence-electron chi connectivity index (χ3n) is 0.770. The molecule has 0 rings (SSSR count). The second-order valence-electron chi connectivity index (χ2n) is 2.34. The first kappa shape index (κ1) is 12.1. The summed E-state index contributed by atoms with van der Waals surface area (Å²) in [5, 5.41) is 7.42. The fourth-order valence-electron chi connectivity index (χ4n) is 0. The average Bonchev–Trinajstić information content (AvgIpc) is 1.63. The standard InChI is InChI=1S/C4H12N2.C2H4O2/c1-3(2)4(5)6;1-2(3)4/h3-4H,5-6H2,1-2H3;1H3,(H,3,4). The van der Waals surface area contributed by atoms with Crippen molar-refractivity contribution < 1.29 is 9.90 Å². The second kappa shape index (κ2) is 6.51. The van der Waals surface area contributed by atoms with Crippen molar-refractivity contribution in [3.63, 3.8) is 0 Å². The van der Waals surface area contributed by atoms with E-state index in [9.17, 15) is 0 Å². The van der Waals surface area contributed by atoms with Crippen LogP contribution in [-0.4, -0.2) is 17.2 Å². The summed E-state index contributed by atoms with van der Waals surface area (Å²) in [6, 6.07) is 0. The zero-order valence-corrected chi connectivity index (χ0v) is 6.66. The van der Waals surface area contributed by atoms with Gasteiger partial charge in [0, 0.05) is 6.92 Å². The van der Waals surface area contributed by atoms with Crippen LogP contribution in [-0.2, 0) is 4.79 Å². The molecule has 4 heteroatoms. The Morgan fingerprint density at radius 3 is 1.50 bits per heavy atom. The molecule has 0 atom stereocenters. The van der Waals surface area contributed by atoms with E-state index in [-0.39, 0.29) is 6.17 Å². The van der Waals surface area contributed by atoms with Gasteiger partial charge in [-0.2, -0.15) is 0 Å². The van der Waals surface area contributed by atoms with Crippen molar-refractivity contribution in [2.75, 3.05) is 0 Å². The molecule has 0 amide bonds. The summed E-state index contributed by atoms with van der Waals surface area (Å²) in [6.07, 6.45) is -0.148. The van der Waals surface area contributed by atoms with E-state index in [2.05, 4.69) is 0 Å². The SMILES string of the molecule is CC(=O)O.CC(C)C(N)N. The van der Waals surface area contributed by atoms with E-state index in [0.717, 1.165) is 6.92 Å². The molecule has 0 bridgehead atoms. The van der Waals surface area contributed by atoms with Gasteiger partial charge in [-0.25, -0.2) is 0 Å². The highest BCUT2D eigenvalue weighted by Crippen LogP contribution is 1.88. The van der Waals surface area contributed by atoms with Gasteiger partial charge in [-0.1, -0.05) is 13.8 Å². The number of hydrogen-bond donors (Lipinski definition) is 3. The van der Waals surface area contributed by atoms with Crippen LogP contribution >= 0.6 is 0 Å². The van der Waals surface area contributed by atoms with E-state index in [1.165, 1.54) is 0 Å². The lowest BCUT2D eigenvalue weighted by Gasteiger charge is -2.06. The molecular weight excluding hydrogens is 132 g/mol. The van der Waals surface area contributed by atoms with Crippen LogP contribution in [0.2, 0.25) is 0 Å². The van der Waals surface area contributed by atoms with Crippen molar-refractivity contribution in [1.82, 2.24) is 0 Å². The summed E-state index contributed by atoms with van der Waals surface area (Å²) in [5.41, 5.74) is 10.4. The summed E-state index contributed by atoms with van der Waals surface area (Å²) < 4.78 is 0. The topological polar surface area (TPSA) is 89.3 Å². The monoisotopic (exact) mass is 148 g/mol. The van der Waals surface area contributed by atoms with Crippen LogP contribution in [0.15, 0.2) is 0 Å². The van der Waals surface area contributed by atoms with Crippen LogP contribution in [0.3, 0.4) is 0 Å². The van der Waals surface area contributed by atoms with Crippen LogP contribution in [0.1, 0.15) is 20.8 Å². The first-order valence-electron chi connectivity index (χ1n) is 3.08. The molecule has 0 spiro atoms. The van der Waals surface area contributed by atoms with Crippen molar-refractivity contribution in [3.8, 4) is 0 Å². The van der Waals surface area contributed by atoms with E-state index >= 15 is 0 Å². The molecule has 5 N–H and O–H groups in total. The van der Waals surface area contributed by atoms with Gasteiger partial charge in [0.25, 0.3) is 5.97 Å². The van der Waals surface area contributed by atoms with Gasteiger partial charge in [0.05, 0.1) is 6.17 Å². The first-order chi connectivity index (χ1) is 4.37. The summed E-state index contributed by atoms with van der Waals surface area (Å²) in [7, 11) is 0. The lowest BCUT2D eigenvalue weighted by Crippen LogP contribution is -2.35. The Morgan fingerprint density at radius 1 is 1.40 bits per heavy atom. The highest BCUT2D eigenvalue weighted by molar-refractivity contribution is 5.62. The molecule has 0 unspecified atom stereocenters. The fraction of sp³-hybridized carbons (Fsp3) is 0.833. The molecule has 0 aromatic rings. The molecular formula is C6H16N2O2. The van der Waals surface area contributed by atoms with Crippen LogP contribution in [0, 0.1) is 5.92 Å². The summed E-state index contributed by atoms with van der Waals surface area (Å²) in [5.74, 6) is -0.426. The van der Waals surface area contributed by atoms with Crippen molar-refractivity contribution in [2.24, 2.45) is 17.4 Å². The highest BCUT2D eigenvalue weighted by Gasteiger charge is 1.96. The van der Waals surface area contributed by atoms with Gasteiger partial charge in [0.15, 0.2) is 0 Å². The first-order valence-corrected chi connectivity index (χ1v) is 3.08. The van der Waals surface area contributed by atoms with Crippen molar-refractivity contribution >= 4 is 5.97 Å². The van der Waals surface area contributed by atoms with E-state index in [4.69, 9.17) is 21.4 Å². The lowest BCUT2D eigenvalue weighted by molar-refractivity contribution is -0.134. The van der Waals surface area contributed by atoms with Crippen molar-refractivity contribution in [3.05, 3.63) is 0 Å². The zero-order valence-electron chi connectivity index (χ0n) is 6.66. The minimum atomic E-state index is -0.833. The second-order valence-corrected chi connectivity index (χ2v) is 2.34. The largest absolute Gasteiger partial charge is 0.481 e. The Morgan fingerprint density at radius 2 is 1.50 bits per heavy atom. The minimum Gasteiger partial charge on any atom is -0.481 e. The summed E-state index contributed by atoms with van der Waals surface area (Å²) in [6.45, 7) is 5.06. The molecule has 0 aromatic carbocycles. The van der Waals surface area contributed by atoms with Gasteiger partial charge in [-0.3, -0.25) is 4.79 Å². The summed E-state index contributed by atoms with van der Waals surface area (Å²) >= 11 is 0. The van der Waals surface area contributed by atoms with Crippen LogP contribution in [0.25, 0.3) is 0 Å². The number of aliphatic carboxylic acids is 1. The lowest BCUT2D eigenvalue weighted by atomic mass is 10.2. The Bertz CT molecular complexity index is 81.7. The Labute approximate surface area is 61.2 Å². The molecule has 4 nitrogen and oxygen atoms in total. The zero-order chi connectivity index (χ0) is 8.73. The van der Waals surface area contributed by atoms with E-state index in [1.807, 2.05) is 13.8 Å². The van der Waals surface area contributed by atoms with E-state index in [1.54, 1.807) is 0 Å². The quantitative estimate of drug-likeness (QED) is 0.456. The molecule has 0 aliphatic carbocycles. The number of carbonyl (C=O) groups is 1. The number of hydrogen-bond acceptors (Lipinski definition) is 3. The van der Waals surface area contributed by atoms with Crippen molar-refractivity contribution in [1.29, 1.82) is 0 Å². The molecule has 0 heterocycles. The number of nitrogens with two attached hydrogens (primary N) is 2. The summed E-state index contributed by atoms with van der Waals surface area (Å²) in [4.78, 5) is 9.00. The van der Waals surface area contributed by atoms with Gasteiger partial charge in [0.2, 0.25) is 0 Å². The van der Waals surface area contributed by atoms with E-state index < -0.39 is 5.97 Å². The third kappa shape index (κ3) is 26.3. The molecule has 0 fully saturated rings. The number of carboxylic acid groups (broad SMARTS) is 1. The molecule has 0 saturated carbocycles. The predicted octanol–water partition coefficient (Wildman–Crippen LogP) is -0.0232. The van der Waals surface area contributed by atoms with Gasteiger partial charge in [-0.05, 0) is 5.92 Å². The van der Waals surface area contributed by atoms with Gasteiger partial charge < -0.3 is 16.6 Å². The smallest absolute Gasteiger partial charge is 0.300 e. The molecule has 62 valence electrons. The molecule has 0 saturated heterocycles. The Balaban J connectivity index is 0. The van der Waals surface area contributed by atoms with Crippen LogP contribution < -0.4 is 11.5 Å². The Kier molecular flexibility index (Phi) is 7.88. The maximum atomic E-state index is 9.00. The van der Waals surface area contributed by atoms with Gasteiger partial charge in [0.1, 0.15) is 0 Å². The molecule has 0 radical (unpaired) electrons. The third-order valence-corrected chi connectivity index (χ3v) is 0.770. The molecule has 0 aliphatic heterocycles. The fourth-order valence-corrected chi connectivity index (χ4v) is 0. The number of carboxylic acids is 1. The molecule has 0 aromatic heterocycles. The van der Waals surface area contributed by atoms with Gasteiger partial charge >= 0.3 is 0 Å². The van der Waals surface area contributed by atoms with Gasteiger partial charge in [-0.15, -0.1) is 0 Å². The Hall–Kier alpha value is -0.610. The average molecular weight is 148 g/mol. The maximum absolute atomic E-state index is 9.00. The maximum Gasteiger partial charge on any atom is 0.300 e. The van der Waals surface area contributed by atoms with Crippen LogP contribution in [0.5, 0.6) is 0 Å².